The van der Waals surface area contributed by atoms with Crippen LogP contribution < -0.4 is 10.6 Å². The second-order valence-corrected chi connectivity index (χ2v) is 6.65. The first-order chi connectivity index (χ1) is 12.5. The van der Waals surface area contributed by atoms with Gasteiger partial charge in [-0.25, -0.2) is 0 Å². The van der Waals surface area contributed by atoms with E-state index in [2.05, 4.69) is 10.6 Å². The Labute approximate surface area is 160 Å². The van der Waals surface area contributed by atoms with Crippen molar-refractivity contribution in [2.75, 3.05) is 6.54 Å². The molecule has 0 saturated heterocycles. The lowest BCUT2D eigenvalue weighted by atomic mass is 10.2. The van der Waals surface area contributed by atoms with Gasteiger partial charge in [0.1, 0.15) is 0 Å². The van der Waals surface area contributed by atoms with Crippen LogP contribution in [0.2, 0.25) is 5.02 Å². The molecule has 8 heteroatoms. The molecule has 1 heterocycles. The van der Waals surface area contributed by atoms with Gasteiger partial charge in [-0.1, -0.05) is 29.8 Å². The third-order valence-electron chi connectivity index (χ3n) is 3.49. The van der Waals surface area contributed by atoms with Crippen LogP contribution in [0.15, 0.2) is 41.1 Å². The van der Waals surface area contributed by atoms with E-state index in [9.17, 15) is 14.4 Å². The normalized spacial score (nSPS) is 11.5. The lowest BCUT2D eigenvalue weighted by Gasteiger charge is -2.14. The fraction of sp³-hybridized carbons (Fsp3) is 0.278. The Bertz CT molecular complexity index is 764. The first-order valence-electron chi connectivity index (χ1n) is 7.98. The minimum atomic E-state index is -0.933. The molecular formula is C18H19ClN2O4S. The molecule has 0 fully saturated rings. The summed E-state index contributed by atoms with van der Waals surface area (Å²) in [6, 6.07) is 8.85. The number of benzene rings is 1. The van der Waals surface area contributed by atoms with Gasteiger partial charge in [-0.2, -0.15) is 11.3 Å². The fourth-order valence-electron chi connectivity index (χ4n) is 2.05. The Morgan fingerprint density at radius 1 is 1.19 bits per heavy atom. The van der Waals surface area contributed by atoms with Gasteiger partial charge in [-0.05, 0) is 30.0 Å². The second kappa shape index (κ2) is 9.94. The maximum absolute atomic E-state index is 12.0. The average molecular weight is 395 g/mol. The zero-order chi connectivity index (χ0) is 18.9. The van der Waals surface area contributed by atoms with Gasteiger partial charge in [-0.3, -0.25) is 14.4 Å². The highest BCUT2D eigenvalue weighted by Crippen LogP contribution is 2.14. The molecule has 2 amide bonds. The molecule has 0 aliphatic heterocycles. The van der Waals surface area contributed by atoms with Crippen molar-refractivity contribution in [2.45, 2.75) is 26.0 Å². The van der Waals surface area contributed by atoms with Crippen LogP contribution in [0.25, 0.3) is 0 Å². The quantitative estimate of drug-likeness (QED) is 0.674. The van der Waals surface area contributed by atoms with Gasteiger partial charge in [0, 0.05) is 29.1 Å². The molecule has 2 aromatic rings. The van der Waals surface area contributed by atoms with Crippen molar-refractivity contribution < 1.29 is 19.1 Å². The Balaban J connectivity index is 1.68. The molecule has 0 radical (unpaired) electrons. The van der Waals surface area contributed by atoms with Crippen LogP contribution in [0.1, 0.15) is 29.3 Å². The summed E-state index contributed by atoms with van der Waals surface area (Å²) in [6.07, 6.45) is -0.949. The molecule has 2 N–H and O–H groups in total. The molecule has 1 unspecified atom stereocenters. The molecule has 2 rings (SSSR count). The number of rotatable bonds is 8. The molecule has 1 atom stereocenters. The summed E-state index contributed by atoms with van der Waals surface area (Å²) in [5.74, 6) is -1.22. The van der Waals surface area contributed by atoms with Crippen LogP contribution in [0.3, 0.4) is 0 Å². The summed E-state index contributed by atoms with van der Waals surface area (Å²) in [4.78, 5) is 35.5. The monoisotopic (exact) mass is 394 g/mol. The van der Waals surface area contributed by atoms with E-state index in [4.69, 9.17) is 16.3 Å². The second-order valence-electron chi connectivity index (χ2n) is 5.46. The smallest absolute Gasteiger partial charge is 0.308 e. The maximum Gasteiger partial charge on any atom is 0.308 e. The van der Waals surface area contributed by atoms with Crippen LogP contribution in [-0.4, -0.2) is 30.4 Å². The standard InChI is InChI=1S/C18H19ClN2O4S/c1-12(17(23)21-10-13-4-2-3-5-15(13)19)25-16(22)6-8-20-18(24)14-7-9-26-11-14/h2-5,7,9,11-12H,6,8,10H2,1H3,(H,20,24)(H,21,23). The van der Waals surface area contributed by atoms with Gasteiger partial charge in [0.15, 0.2) is 6.10 Å². The van der Waals surface area contributed by atoms with E-state index in [-0.39, 0.29) is 25.4 Å². The number of esters is 1. The molecule has 138 valence electrons. The van der Waals surface area contributed by atoms with Crippen LogP contribution in [0.4, 0.5) is 0 Å². The molecule has 0 aliphatic carbocycles. The zero-order valence-corrected chi connectivity index (χ0v) is 15.7. The van der Waals surface area contributed by atoms with Gasteiger partial charge in [0.2, 0.25) is 0 Å². The van der Waals surface area contributed by atoms with Crippen LogP contribution in [-0.2, 0) is 20.9 Å². The number of thiophene rings is 1. The molecule has 0 aliphatic rings. The number of carbonyl (C=O) groups is 3. The van der Waals surface area contributed by atoms with Crippen LogP contribution in [0.5, 0.6) is 0 Å². The summed E-state index contributed by atoms with van der Waals surface area (Å²) < 4.78 is 5.07. The predicted molar refractivity (Wildman–Crippen MR) is 100 cm³/mol. The lowest BCUT2D eigenvalue weighted by molar-refractivity contribution is -0.154. The number of carbonyl (C=O) groups excluding carboxylic acids is 3. The van der Waals surface area contributed by atoms with Crippen molar-refractivity contribution in [3.63, 3.8) is 0 Å². The average Bonchev–Trinajstić information content (AvgIpc) is 3.15. The molecule has 1 aromatic heterocycles. The van der Waals surface area contributed by atoms with Gasteiger partial charge in [0.05, 0.1) is 6.42 Å². The van der Waals surface area contributed by atoms with Crippen molar-refractivity contribution in [1.29, 1.82) is 0 Å². The largest absolute Gasteiger partial charge is 0.452 e. The molecular weight excluding hydrogens is 376 g/mol. The van der Waals surface area contributed by atoms with Crippen molar-refractivity contribution in [1.82, 2.24) is 10.6 Å². The minimum Gasteiger partial charge on any atom is -0.452 e. The minimum absolute atomic E-state index is 0.0159. The van der Waals surface area contributed by atoms with Gasteiger partial charge < -0.3 is 15.4 Å². The third kappa shape index (κ3) is 6.16. The summed E-state index contributed by atoms with van der Waals surface area (Å²) in [6.45, 7) is 1.88. The number of amides is 2. The topological polar surface area (TPSA) is 84.5 Å². The summed E-state index contributed by atoms with van der Waals surface area (Å²) in [5, 5.41) is 9.37. The summed E-state index contributed by atoms with van der Waals surface area (Å²) in [7, 11) is 0. The molecule has 1 aromatic carbocycles. The zero-order valence-electron chi connectivity index (χ0n) is 14.2. The van der Waals surface area contributed by atoms with E-state index in [1.807, 2.05) is 6.07 Å². The molecule has 0 saturated carbocycles. The van der Waals surface area contributed by atoms with Crippen molar-refractivity contribution >= 4 is 40.7 Å². The Morgan fingerprint density at radius 2 is 1.96 bits per heavy atom. The van der Waals surface area contributed by atoms with E-state index in [0.717, 1.165) is 5.56 Å². The SMILES string of the molecule is CC(OC(=O)CCNC(=O)c1ccsc1)C(=O)NCc1ccccc1Cl. The van der Waals surface area contributed by atoms with Gasteiger partial charge in [-0.15, -0.1) is 0 Å². The summed E-state index contributed by atoms with van der Waals surface area (Å²) >= 11 is 7.44. The Hall–Kier alpha value is -2.38. The third-order valence-corrected chi connectivity index (χ3v) is 4.54. The number of hydrogen-bond donors (Lipinski definition) is 2. The molecule has 0 spiro atoms. The van der Waals surface area contributed by atoms with Crippen molar-refractivity contribution in [2.24, 2.45) is 0 Å². The lowest BCUT2D eigenvalue weighted by Crippen LogP contribution is -2.36. The number of ether oxygens (including phenoxy) is 1. The Kier molecular flexibility index (Phi) is 7.62. The van der Waals surface area contributed by atoms with E-state index >= 15 is 0 Å². The highest BCUT2D eigenvalue weighted by Gasteiger charge is 2.18. The molecule has 26 heavy (non-hydrogen) atoms. The number of nitrogens with one attached hydrogen (secondary N) is 2. The Morgan fingerprint density at radius 3 is 2.65 bits per heavy atom. The van der Waals surface area contributed by atoms with Crippen molar-refractivity contribution in [3.8, 4) is 0 Å². The highest BCUT2D eigenvalue weighted by atomic mass is 35.5. The van der Waals surface area contributed by atoms with Crippen LogP contribution >= 0.6 is 22.9 Å². The molecule has 0 bridgehead atoms. The fourth-order valence-corrected chi connectivity index (χ4v) is 2.89. The van der Waals surface area contributed by atoms with E-state index < -0.39 is 18.0 Å². The maximum atomic E-state index is 12.0. The number of hydrogen-bond acceptors (Lipinski definition) is 5. The summed E-state index contributed by atoms with van der Waals surface area (Å²) in [5.41, 5.74) is 1.33. The number of halogens is 1. The van der Waals surface area contributed by atoms with E-state index in [1.54, 1.807) is 35.0 Å². The predicted octanol–water partition coefficient (Wildman–Crippen LogP) is 2.77. The van der Waals surface area contributed by atoms with Gasteiger partial charge in [0.25, 0.3) is 11.8 Å². The van der Waals surface area contributed by atoms with E-state index in [1.165, 1.54) is 18.3 Å². The highest BCUT2D eigenvalue weighted by molar-refractivity contribution is 7.08. The van der Waals surface area contributed by atoms with Gasteiger partial charge >= 0.3 is 5.97 Å². The van der Waals surface area contributed by atoms with Crippen molar-refractivity contribution in [3.05, 3.63) is 57.2 Å². The first-order valence-corrected chi connectivity index (χ1v) is 9.30. The molecule has 6 nitrogen and oxygen atoms in total. The first kappa shape index (κ1) is 19.9. The van der Waals surface area contributed by atoms with Crippen LogP contribution in [0, 0.1) is 0 Å². The van der Waals surface area contributed by atoms with E-state index in [0.29, 0.717) is 10.6 Å².